The van der Waals surface area contributed by atoms with Crippen LogP contribution in [0.2, 0.25) is 0 Å². The van der Waals surface area contributed by atoms with Gasteiger partial charge in [0, 0.05) is 9.84 Å². The summed E-state index contributed by atoms with van der Waals surface area (Å²) in [5.74, 6) is 6.16. The predicted molar refractivity (Wildman–Crippen MR) is 132 cm³/mol. The summed E-state index contributed by atoms with van der Waals surface area (Å²) >= 11 is 2.65. The Bertz CT molecular complexity index is 561. The van der Waals surface area contributed by atoms with Crippen LogP contribution in [0.1, 0.15) is 105 Å². The van der Waals surface area contributed by atoms with Crippen molar-refractivity contribution in [3.05, 3.63) is 0 Å². The van der Waals surface area contributed by atoms with E-state index >= 15 is 0 Å². The molecular weight excluding hydrogens is 467 g/mol. The van der Waals surface area contributed by atoms with Crippen LogP contribution in [-0.4, -0.2) is 15.6 Å². The second-order valence-corrected chi connectivity index (χ2v) is 13.1. The van der Waals surface area contributed by atoms with Gasteiger partial charge in [0.15, 0.2) is 0 Å². The average molecular weight is 515 g/mol. The standard InChI is InChI=1S/C27H47IO/c1-18(2)7-5-8-19(3)22-13-14-23-21-12-11-20-9-6-10-25(29)27(20,17-28)24(21)15-16-26(22,23)4/h18-25,29H,5-17H2,1-4H3/t19-,20+,21+,22-,23-,24-,25?,26+,27+/m0/s1. The normalized spacial score (nSPS) is 48.1. The lowest BCUT2D eigenvalue weighted by molar-refractivity contribution is -0.160. The van der Waals surface area contributed by atoms with Crippen LogP contribution in [0.15, 0.2) is 0 Å². The van der Waals surface area contributed by atoms with E-state index in [9.17, 15) is 5.11 Å². The molecule has 0 aliphatic heterocycles. The Kier molecular flexibility index (Phi) is 7.03. The fourth-order valence-corrected chi connectivity index (χ4v) is 11.1. The fraction of sp³-hybridized carbons (Fsp3) is 1.00. The van der Waals surface area contributed by atoms with Crippen molar-refractivity contribution >= 4 is 22.6 Å². The highest BCUT2D eigenvalue weighted by molar-refractivity contribution is 14.1. The molecule has 0 spiro atoms. The van der Waals surface area contributed by atoms with Crippen molar-refractivity contribution in [2.45, 2.75) is 111 Å². The van der Waals surface area contributed by atoms with E-state index in [4.69, 9.17) is 0 Å². The Morgan fingerprint density at radius 3 is 2.45 bits per heavy atom. The first kappa shape index (κ1) is 22.9. The molecule has 4 saturated carbocycles. The van der Waals surface area contributed by atoms with E-state index in [-0.39, 0.29) is 11.5 Å². The maximum Gasteiger partial charge on any atom is 0.0609 e. The number of hydrogen-bond acceptors (Lipinski definition) is 1. The van der Waals surface area contributed by atoms with Crippen LogP contribution in [-0.2, 0) is 0 Å². The molecule has 0 heterocycles. The highest BCUT2D eigenvalue weighted by atomic mass is 127. The summed E-state index contributed by atoms with van der Waals surface area (Å²) in [5.41, 5.74) is 0.835. The van der Waals surface area contributed by atoms with Gasteiger partial charge in [0.25, 0.3) is 0 Å². The van der Waals surface area contributed by atoms with Crippen LogP contribution >= 0.6 is 22.6 Å². The maximum atomic E-state index is 11.3. The van der Waals surface area contributed by atoms with Crippen molar-refractivity contribution in [3.8, 4) is 0 Å². The number of fused-ring (bicyclic) bond motifs is 5. The minimum Gasteiger partial charge on any atom is -0.393 e. The maximum absolute atomic E-state index is 11.3. The highest BCUT2D eigenvalue weighted by Gasteiger charge is 2.63. The first-order chi connectivity index (χ1) is 13.8. The van der Waals surface area contributed by atoms with Gasteiger partial charge in [-0.25, -0.2) is 0 Å². The van der Waals surface area contributed by atoms with Gasteiger partial charge in [0.05, 0.1) is 6.10 Å². The summed E-state index contributed by atoms with van der Waals surface area (Å²) in [7, 11) is 0. The molecule has 4 fully saturated rings. The molecule has 1 nitrogen and oxygen atoms in total. The Labute approximate surface area is 194 Å². The SMILES string of the molecule is CC(C)CCC[C@H](C)[C@@H]1CC[C@H]2[C@H]3CC[C@H]4CCCC(O)[C@@]4(CI)[C@H]3CC[C@@]21C. The third-order valence-corrected chi connectivity index (χ3v) is 12.1. The lowest BCUT2D eigenvalue weighted by atomic mass is 9.44. The van der Waals surface area contributed by atoms with Crippen molar-refractivity contribution in [2.75, 3.05) is 4.43 Å². The van der Waals surface area contributed by atoms with Gasteiger partial charge in [-0.15, -0.1) is 0 Å². The molecule has 1 N–H and O–H groups in total. The summed E-state index contributed by atoms with van der Waals surface area (Å²) in [5, 5.41) is 11.3. The minimum atomic E-state index is -0.0255. The van der Waals surface area contributed by atoms with Gasteiger partial charge in [-0.2, -0.15) is 0 Å². The van der Waals surface area contributed by atoms with E-state index in [0.717, 1.165) is 47.8 Å². The largest absolute Gasteiger partial charge is 0.393 e. The Morgan fingerprint density at radius 1 is 0.931 bits per heavy atom. The molecule has 2 heteroatoms. The molecule has 4 aliphatic carbocycles. The molecule has 0 aromatic rings. The first-order valence-corrected chi connectivity index (χ1v) is 14.6. The molecule has 0 saturated heterocycles. The molecule has 0 aromatic heterocycles. The van der Waals surface area contributed by atoms with Crippen LogP contribution in [0, 0.1) is 52.3 Å². The van der Waals surface area contributed by atoms with Crippen LogP contribution in [0.25, 0.3) is 0 Å². The molecule has 1 unspecified atom stereocenters. The summed E-state index contributed by atoms with van der Waals surface area (Å²) in [4.78, 5) is 0. The van der Waals surface area contributed by atoms with Gasteiger partial charge < -0.3 is 5.11 Å². The van der Waals surface area contributed by atoms with Crippen LogP contribution in [0.3, 0.4) is 0 Å². The molecule has 4 aliphatic rings. The van der Waals surface area contributed by atoms with Crippen LogP contribution in [0.5, 0.6) is 0 Å². The van der Waals surface area contributed by atoms with E-state index in [1.807, 2.05) is 0 Å². The fourth-order valence-electron chi connectivity index (χ4n) is 9.40. The zero-order valence-corrected chi connectivity index (χ0v) is 21.8. The van der Waals surface area contributed by atoms with Gasteiger partial charge >= 0.3 is 0 Å². The lowest BCUT2D eigenvalue weighted by Gasteiger charge is -2.62. The molecule has 168 valence electrons. The predicted octanol–water partition coefficient (Wildman–Crippen LogP) is 7.88. The van der Waals surface area contributed by atoms with Gasteiger partial charge in [0.2, 0.25) is 0 Å². The summed E-state index contributed by atoms with van der Waals surface area (Å²) < 4.78 is 1.19. The number of aliphatic hydroxyl groups excluding tert-OH is 1. The molecular formula is C27H47IO. The Morgan fingerprint density at radius 2 is 1.72 bits per heavy atom. The second-order valence-electron chi connectivity index (χ2n) is 12.4. The number of rotatable bonds is 6. The van der Waals surface area contributed by atoms with E-state index in [0.29, 0.717) is 5.41 Å². The molecule has 9 atom stereocenters. The highest BCUT2D eigenvalue weighted by Crippen LogP contribution is 2.68. The molecule has 4 rings (SSSR count). The van der Waals surface area contributed by atoms with Gasteiger partial charge in [-0.05, 0) is 98.2 Å². The average Bonchev–Trinajstić information content (AvgIpc) is 3.04. The van der Waals surface area contributed by atoms with E-state index in [1.54, 1.807) is 0 Å². The summed E-state index contributed by atoms with van der Waals surface area (Å²) in [6.07, 6.45) is 16.6. The minimum absolute atomic E-state index is 0.0255. The van der Waals surface area contributed by atoms with Gasteiger partial charge in [0.1, 0.15) is 0 Å². The third-order valence-electron chi connectivity index (χ3n) is 10.8. The van der Waals surface area contributed by atoms with Crippen molar-refractivity contribution in [1.82, 2.24) is 0 Å². The van der Waals surface area contributed by atoms with Crippen molar-refractivity contribution in [2.24, 2.45) is 52.3 Å². The second kappa shape index (κ2) is 8.91. The zero-order chi connectivity index (χ0) is 20.8. The van der Waals surface area contributed by atoms with Crippen LogP contribution < -0.4 is 0 Å². The smallest absolute Gasteiger partial charge is 0.0609 e. The third kappa shape index (κ3) is 3.76. The van der Waals surface area contributed by atoms with Crippen molar-refractivity contribution in [1.29, 1.82) is 0 Å². The lowest BCUT2D eigenvalue weighted by Crippen LogP contribution is -2.59. The van der Waals surface area contributed by atoms with Gasteiger partial charge in [-0.3, -0.25) is 0 Å². The molecule has 0 bridgehead atoms. The van der Waals surface area contributed by atoms with E-state index in [1.165, 1.54) is 75.1 Å². The van der Waals surface area contributed by atoms with Crippen molar-refractivity contribution < 1.29 is 5.11 Å². The first-order valence-electron chi connectivity index (χ1n) is 13.1. The summed E-state index contributed by atoms with van der Waals surface area (Å²) in [6.45, 7) is 10.0. The number of halogens is 1. The molecule has 0 radical (unpaired) electrons. The van der Waals surface area contributed by atoms with E-state index < -0.39 is 0 Å². The van der Waals surface area contributed by atoms with E-state index in [2.05, 4.69) is 50.3 Å². The molecule has 0 amide bonds. The molecule has 29 heavy (non-hydrogen) atoms. The van der Waals surface area contributed by atoms with Crippen molar-refractivity contribution in [3.63, 3.8) is 0 Å². The Balaban J connectivity index is 1.51. The summed E-state index contributed by atoms with van der Waals surface area (Å²) in [6, 6.07) is 0. The topological polar surface area (TPSA) is 20.2 Å². The Hall–Kier alpha value is 0.690. The monoisotopic (exact) mass is 514 g/mol. The molecule has 0 aromatic carbocycles. The van der Waals surface area contributed by atoms with Crippen LogP contribution in [0.4, 0.5) is 0 Å². The number of hydrogen-bond donors (Lipinski definition) is 1. The zero-order valence-electron chi connectivity index (χ0n) is 19.6. The quantitative estimate of drug-likeness (QED) is 0.282. The number of aliphatic hydroxyl groups is 1. The number of alkyl halides is 1. The van der Waals surface area contributed by atoms with Gasteiger partial charge in [-0.1, -0.05) is 76.0 Å².